The molecule has 3 heteroatoms. The van der Waals surface area contributed by atoms with Gasteiger partial charge in [0.25, 0.3) is 5.91 Å². The maximum atomic E-state index is 12.1. The second kappa shape index (κ2) is 6.44. The average Bonchev–Trinajstić information content (AvgIpc) is 2.48. The zero-order valence-corrected chi connectivity index (χ0v) is 11.2. The molecule has 3 nitrogen and oxygen atoms in total. The Kier molecular flexibility index (Phi) is 4.41. The number of anilines is 1. The molecule has 0 unspecified atom stereocenters. The predicted octanol–water partition coefficient (Wildman–Crippen LogP) is 3.32. The third-order valence-electron chi connectivity index (χ3n) is 2.71. The first-order valence-corrected chi connectivity index (χ1v) is 6.34. The SMILES string of the molecule is C#Cc1cccc(NC(=O)c2ccc(OCC)cc2)c1. The summed E-state index contributed by atoms with van der Waals surface area (Å²) in [4.78, 5) is 12.1. The third-order valence-corrected chi connectivity index (χ3v) is 2.71. The number of rotatable bonds is 4. The number of hydrogen-bond acceptors (Lipinski definition) is 2. The van der Waals surface area contributed by atoms with Gasteiger partial charge in [-0.1, -0.05) is 12.0 Å². The number of hydrogen-bond donors (Lipinski definition) is 1. The molecule has 0 atom stereocenters. The number of ether oxygens (including phenoxy) is 1. The molecule has 2 aromatic rings. The van der Waals surface area contributed by atoms with E-state index in [4.69, 9.17) is 11.2 Å². The van der Waals surface area contributed by atoms with Crippen LogP contribution in [0, 0.1) is 12.3 Å². The molecule has 1 N–H and O–H groups in total. The van der Waals surface area contributed by atoms with Crippen LogP contribution in [-0.2, 0) is 0 Å². The molecule has 0 radical (unpaired) electrons. The highest BCUT2D eigenvalue weighted by atomic mass is 16.5. The van der Waals surface area contributed by atoms with Crippen LogP contribution < -0.4 is 10.1 Å². The van der Waals surface area contributed by atoms with Crippen LogP contribution in [0.2, 0.25) is 0 Å². The summed E-state index contributed by atoms with van der Waals surface area (Å²) in [6.07, 6.45) is 5.33. The predicted molar refractivity (Wildman–Crippen MR) is 79.9 cm³/mol. The number of amides is 1. The van der Waals surface area contributed by atoms with Gasteiger partial charge >= 0.3 is 0 Å². The van der Waals surface area contributed by atoms with Gasteiger partial charge in [-0.2, -0.15) is 0 Å². The van der Waals surface area contributed by atoms with Crippen LogP contribution >= 0.6 is 0 Å². The molecule has 0 aliphatic rings. The monoisotopic (exact) mass is 265 g/mol. The molecular weight excluding hydrogens is 250 g/mol. The molecule has 0 aliphatic heterocycles. The zero-order chi connectivity index (χ0) is 14.4. The summed E-state index contributed by atoms with van der Waals surface area (Å²) in [5.41, 5.74) is 1.98. The van der Waals surface area contributed by atoms with Gasteiger partial charge < -0.3 is 10.1 Å². The lowest BCUT2D eigenvalue weighted by atomic mass is 10.1. The summed E-state index contributed by atoms with van der Waals surface area (Å²) in [5, 5.41) is 2.81. The fourth-order valence-electron chi connectivity index (χ4n) is 1.76. The van der Waals surface area contributed by atoms with Crippen LogP contribution in [0.3, 0.4) is 0 Å². The summed E-state index contributed by atoms with van der Waals surface area (Å²) < 4.78 is 5.34. The molecule has 2 aromatic carbocycles. The first kappa shape index (κ1) is 13.7. The minimum atomic E-state index is -0.179. The van der Waals surface area contributed by atoms with E-state index in [2.05, 4.69) is 11.2 Å². The summed E-state index contributed by atoms with van der Waals surface area (Å²) in [6.45, 7) is 2.52. The Labute approximate surface area is 118 Å². The Balaban J connectivity index is 2.09. The van der Waals surface area contributed by atoms with Crippen LogP contribution in [0.15, 0.2) is 48.5 Å². The zero-order valence-electron chi connectivity index (χ0n) is 11.2. The van der Waals surface area contributed by atoms with Crippen molar-refractivity contribution in [3.05, 3.63) is 59.7 Å². The summed E-state index contributed by atoms with van der Waals surface area (Å²) in [5.74, 6) is 3.10. The first-order chi connectivity index (χ1) is 9.72. The van der Waals surface area contributed by atoms with Crippen molar-refractivity contribution < 1.29 is 9.53 Å². The van der Waals surface area contributed by atoms with Crippen LogP contribution in [0.4, 0.5) is 5.69 Å². The molecule has 20 heavy (non-hydrogen) atoms. The van der Waals surface area contributed by atoms with Gasteiger partial charge in [-0.3, -0.25) is 4.79 Å². The Morgan fingerprint density at radius 3 is 2.65 bits per heavy atom. The van der Waals surface area contributed by atoms with Crippen molar-refractivity contribution in [1.29, 1.82) is 0 Å². The minimum absolute atomic E-state index is 0.179. The van der Waals surface area contributed by atoms with Gasteiger partial charge in [-0.15, -0.1) is 6.42 Å². The van der Waals surface area contributed by atoms with Gasteiger partial charge in [-0.25, -0.2) is 0 Å². The molecule has 0 aromatic heterocycles. The smallest absolute Gasteiger partial charge is 0.255 e. The Morgan fingerprint density at radius 1 is 1.25 bits per heavy atom. The summed E-state index contributed by atoms with van der Waals surface area (Å²) >= 11 is 0. The Hall–Kier alpha value is -2.73. The minimum Gasteiger partial charge on any atom is -0.494 e. The molecular formula is C17H15NO2. The Bertz CT molecular complexity index is 639. The molecule has 1 amide bonds. The molecule has 0 fully saturated rings. The highest BCUT2D eigenvalue weighted by Crippen LogP contribution is 2.15. The molecule has 0 saturated heterocycles. The van der Waals surface area contributed by atoms with Crippen LogP contribution in [-0.4, -0.2) is 12.5 Å². The van der Waals surface area contributed by atoms with Crippen LogP contribution in [0.25, 0.3) is 0 Å². The summed E-state index contributed by atoms with van der Waals surface area (Å²) in [6, 6.07) is 14.2. The van der Waals surface area contributed by atoms with Gasteiger partial charge in [0.2, 0.25) is 0 Å². The number of nitrogens with one attached hydrogen (secondary N) is 1. The van der Waals surface area contributed by atoms with E-state index in [1.165, 1.54) is 0 Å². The van der Waals surface area contributed by atoms with E-state index in [1.807, 2.05) is 19.1 Å². The van der Waals surface area contributed by atoms with Crippen molar-refractivity contribution in [3.8, 4) is 18.1 Å². The second-order valence-electron chi connectivity index (χ2n) is 4.14. The van der Waals surface area contributed by atoms with Crippen molar-refractivity contribution >= 4 is 11.6 Å². The highest BCUT2D eigenvalue weighted by molar-refractivity contribution is 6.04. The molecule has 0 bridgehead atoms. The molecule has 0 heterocycles. The Morgan fingerprint density at radius 2 is 2.00 bits per heavy atom. The van der Waals surface area contributed by atoms with E-state index in [-0.39, 0.29) is 5.91 Å². The van der Waals surface area contributed by atoms with E-state index < -0.39 is 0 Å². The molecule has 2 rings (SSSR count). The maximum absolute atomic E-state index is 12.1. The highest BCUT2D eigenvalue weighted by Gasteiger charge is 2.06. The quantitative estimate of drug-likeness (QED) is 0.861. The number of terminal acetylenes is 1. The molecule has 0 spiro atoms. The van der Waals surface area contributed by atoms with Crippen molar-refractivity contribution in [2.24, 2.45) is 0 Å². The first-order valence-electron chi connectivity index (χ1n) is 6.34. The molecule has 100 valence electrons. The standard InChI is InChI=1S/C17H15NO2/c1-3-13-6-5-7-15(12-13)18-17(19)14-8-10-16(11-9-14)20-4-2/h1,5-12H,4H2,2H3,(H,18,19). The average molecular weight is 265 g/mol. The fraction of sp³-hybridized carbons (Fsp3) is 0.118. The van der Waals surface area contributed by atoms with Gasteiger partial charge in [0.05, 0.1) is 6.61 Å². The maximum Gasteiger partial charge on any atom is 0.255 e. The topological polar surface area (TPSA) is 38.3 Å². The van der Waals surface area contributed by atoms with Crippen LogP contribution in [0.5, 0.6) is 5.75 Å². The van der Waals surface area contributed by atoms with Crippen molar-refractivity contribution in [2.45, 2.75) is 6.92 Å². The lowest BCUT2D eigenvalue weighted by Gasteiger charge is -2.07. The van der Waals surface area contributed by atoms with Gasteiger partial charge in [0.1, 0.15) is 5.75 Å². The van der Waals surface area contributed by atoms with Gasteiger partial charge in [-0.05, 0) is 49.4 Å². The second-order valence-corrected chi connectivity index (χ2v) is 4.14. The van der Waals surface area contributed by atoms with E-state index in [9.17, 15) is 4.79 Å². The van der Waals surface area contributed by atoms with Gasteiger partial charge in [0.15, 0.2) is 0 Å². The van der Waals surface area contributed by atoms with E-state index >= 15 is 0 Å². The van der Waals surface area contributed by atoms with Crippen molar-refractivity contribution in [2.75, 3.05) is 11.9 Å². The van der Waals surface area contributed by atoms with Crippen LogP contribution in [0.1, 0.15) is 22.8 Å². The lowest BCUT2D eigenvalue weighted by molar-refractivity contribution is 0.102. The normalized spacial score (nSPS) is 9.60. The van der Waals surface area contributed by atoms with Gasteiger partial charge in [0, 0.05) is 16.8 Å². The fourth-order valence-corrected chi connectivity index (χ4v) is 1.76. The number of carbonyl (C=O) groups is 1. The summed E-state index contributed by atoms with van der Waals surface area (Å²) in [7, 11) is 0. The molecule has 0 saturated carbocycles. The van der Waals surface area contributed by atoms with Crippen molar-refractivity contribution in [1.82, 2.24) is 0 Å². The number of carbonyl (C=O) groups excluding carboxylic acids is 1. The van der Waals surface area contributed by atoms with Crippen molar-refractivity contribution in [3.63, 3.8) is 0 Å². The molecule has 0 aliphatic carbocycles. The van der Waals surface area contributed by atoms with E-state index in [1.54, 1.807) is 36.4 Å². The number of benzene rings is 2. The van der Waals surface area contributed by atoms with E-state index in [0.717, 1.165) is 11.3 Å². The lowest BCUT2D eigenvalue weighted by Crippen LogP contribution is -2.11. The largest absolute Gasteiger partial charge is 0.494 e. The van der Waals surface area contributed by atoms with E-state index in [0.29, 0.717) is 17.9 Å². The third kappa shape index (κ3) is 3.39.